The zero-order valence-electron chi connectivity index (χ0n) is 37.1. The van der Waals surface area contributed by atoms with E-state index in [1.807, 2.05) is 12.3 Å². The zero-order valence-corrected chi connectivity index (χ0v) is 39.3. The Morgan fingerprint density at radius 3 is 2.11 bits per heavy atom. The third kappa shape index (κ3) is 8.48. The molecule has 7 aromatic rings. The van der Waals surface area contributed by atoms with Crippen molar-refractivity contribution in [2.75, 3.05) is 0 Å². The standard InChI is InChI=1S/C55H57N3O2.Pt/c1-34-26-35(2)50(36(3)27-34)39-28-40(53-57-51(37-16-12-10-13-17-37)52(60-53)38-18-14-11-15-19-38)30-44(29-39)59-43-21-22-45-46-31-41(54(4,5)6)20-23-47(46)58(48(45)33-43)49-32-42(24-25-56-49)55(7,8)9;/h11,14-15,18-29,31-32,37,51-52H,10,12-13,16-17H2,1-9H3;/q-2;+2/t51-,52+;/m1./s1. The minimum absolute atomic E-state index is 0. The fourth-order valence-electron chi connectivity index (χ4n) is 9.60. The fourth-order valence-corrected chi connectivity index (χ4v) is 9.60. The number of rotatable bonds is 7. The second-order valence-electron chi connectivity index (χ2n) is 19.3. The SMILES string of the molecule is Cc1cc(C)c(-c2cc(Oc3[c-]c4c(cc3)c3cc(C(C)(C)C)ccc3n4-c3cc(C(C)(C)C)ccn3)[c-]c(C3=N[C@H](C4CCCCC4)[C@H](c4ccccc4)O3)c2)c(C)c1.[Pt+2]. The molecule has 61 heavy (non-hydrogen) atoms. The summed E-state index contributed by atoms with van der Waals surface area (Å²) in [6.07, 6.45) is 7.92. The molecule has 0 bridgehead atoms. The molecular weight excluding hydrogens is 930 g/mol. The van der Waals surface area contributed by atoms with Crippen LogP contribution in [-0.4, -0.2) is 21.5 Å². The van der Waals surface area contributed by atoms with E-state index in [0.29, 0.717) is 23.3 Å². The van der Waals surface area contributed by atoms with E-state index in [1.54, 1.807) is 0 Å². The Balaban J connectivity index is 0.00000514. The topological polar surface area (TPSA) is 48.6 Å². The third-order valence-corrected chi connectivity index (χ3v) is 12.7. The summed E-state index contributed by atoms with van der Waals surface area (Å²) in [7, 11) is 0. The fraction of sp³-hybridized carbons (Fsp3) is 0.345. The molecule has 0 amide bonds. The van der Waals surface area contributed by atoms with Crippen LogP contribution < -0.4 is 4.74 Å². The van der Waals surface area contributed by atoms with Gasteiger partial charge in [0.05, 0.1) is 6.04 Å². The van der Waals surface area contributed by atoms with Gasteiger partial charge in [0, 0.05) is 23.2 Å². The van der Waals surface area contributed by atoms with E-state index in [9.17, 15) is 0 Å². The Labute approximate surface area is 376 Å². The minimum Gasteiger partial charge on any atom is -0.510 e. The summed E-state index contributed by atoms with van der Waals surface area (Å²) in [5, 5.41) is 2.27. The molecule has 314 valence electrons. The van der Waals surface area contributed by atoms with Crippen LogP contribution in [0.1, 0.15) is 119 Å². The summed E-state index contributed by atoms with van der Waals surface area (Å²) >= 11 is 0. The Hall–Kier alpha value is -4.99. The first kappa shape index (κ1) is 42.7. The van der Waals surface area contributed by atoms with E-state index >= 15 is 0 Å². The average molecular weight is 987 g/mol. The van der Waals surface area contributed by atoms with Crippen molar-refractivity contribution >= 4 is 27.7 Å². The van der Waals surface area contributed by atoms with Crippen LogP contribution >= 0.6 is 0 Å². The largest absolute Gasteiger partial charge is 2.00 e. The van der Waals surface area contributed by atoms with Gasteiger partial charge in [0.25, 0.3) is 0 Å². The molecule has 0 spiro atoms. The van der Waals surface area contributed by atoms with Gasteiger partial charge < -0.3 is 14.0 Å². The van der Waals surface area contributed by atoms with E-state index < -0.39 is 0 Å². The van der Waals surface area contributed by atoms with Crippen molar-refractivity contribution in [3.05, 3.63) is 154 Å². The van der Waals surface area contributed by atoms with Crippen LogP contribution in [0, 0.1) is 38.8 Å². The third-order valence-electron chi connectivity index (χ3n) is 12.7. The van der Waals surface area contributed by atoms with E-state index in [0.717, 1.165) is 33.4 Å². The van der Waals surface area contributed by atoms with E-state index in [4.69, 9.17) is 19.5 Å². The molecule has 0 N–H and O–H groups in total. The quantitative estimate of drug-likeness (QED) is 0.150. The Morgan fingerprint density at radius 2 is 1.41 bits per heavy atom. The van der Waals surface area contributed by atoms with Gasteiger partial charge in [0.15, 0.2) is 0 Å². The molecule has 1 aliphatic carbocycles. The second kappa shape index (κ2) is 16.7. The second-order valence-corrected chi connectivity index (χ2v) is 19.3. The number of fused-ring (bicyclic) bond motifs is 3. The molecule has 6 heteroatoms. The van der Waals surface area contributed by atoms with Gasteiger partial charge in [0.2, 0.25) is 0 Å². The van der Waals surface area contributed by atoms with Gasteiger partial charge in [-0.3, -0.25) is 4.99 Å². The van der Waals surface area contributed by atoms with Crippen LogP contribution in [0.4, 0.5) is 0 Å². The first-order valence-electron chi connectivity index (χ1n) is 21.8. The van der Waals surface area contributed by atoms with Gasteiger partial charge in [0.1, 0.15) is 17.8 Å². The molecule has 0 unspecified atom stereocenters. The van der Waals surface area contributed by atoms with Crippen LogP contribution in [0.25, 0.3) is 38.8 Å². The Kier molecular flexibility index (Phi) is 11.7. The first-order valence-corrected chi connectivity index (χ1v) is 21.8. The van der Waals surface area contributed by atoms with Crippen LogP contribution in [0.15, 0.2) is 108 Å². The van der Waals surface area contributed by atoms with Crippen molar-refractivity contribution in [3.63, 3.8) is 0 Å². The maximum absolute atomic E-state index is 6.94. The van der Waals surface area contributed by atoms with Crippen molar-refractivity contribution in [3.8, 4) is 28.4 Å². The average Bonchev–Trinajstić information content (AvgIpc) is 3.80. The number of aliphatic imine (C=N–C) groups is 1. The summed E-state index contributed by atoms with van der Waals surface area (Å²) in [5.74, 6) is 3.16. The number of hydrogen-bond acceptors (Lipinski definition) is 4. The normalized spacial score (nSPS) is 17.3. The molecule has 9 rings (SSSR count). The maximum Gasteiger partial charge on any atom is 2.00 e. The number of hydrogen-bond donors (Lipinski definition) is 0. The smallest absolute Gasteiger partial charge is 0.510 e. The van der Waals surface area contributed by atoms with Crippen molar-refractivity contribution in [1.29, 1.82) is 0 Å². The van der Waals surface area contributed by atoms with Crippen LogP contribution in [0.2, 0.25) is 0 Å². The van der Waals surface area contributed by atoms with Gasteiger partial charge >= 0.3 is 21.1 Å². The number of nitrogens with zero attached hydrogens (tertiary/aromatic N) is 3. The van der Waals surface area contributed by atoms with Crippen molar-refractivity contribution in [2.45, 2.75) is 117 Å². The van der Waals surface area contributed by atoms with Gasteiger partial charge in [-0.15, -0.1) is 23.6 Å². The molecule has 0 saturated heterocycles. The van der Waals surface area contributed by atoms with Gasteiger partial charge in [-0.1, -0.05) is 150 Å². The summed E-state index contributed by atoms with van der Waals surface area (Å²) in [6, 6.07) is 42.2. The molecule has 3 heterocycles. The zero-order chi connectivity index (χ0) is 41.9. The van der Waals surface area contributed by atoms with Gasteiger partial charge in [-0.2, -0.15) is 6.07 Å². The number of aryl methyl sites for hydroxylation is 3. The van der Waals surface area contributed by atoms with E-state index in [1.165, 1.54) is 76.4 Å². The monoisotopic (exact) mass is 986 g/mol. The number of aromatic nitrogens is 2. The molecule has 5 nitrogen and oxygen atoms in total. The molecule has 2 aliphatic rings. The Morgan fingerprint density at radius 1 is 0.705 bits per heavy atom. The van der Waals surface area contributed by atoms with Gasteiger partial charge in [-0.25, -0.2) is 4.98 Å². The molecule has 0 radical (unpaired) electrons. The van der Waals surface area contributed by atoms with Crippen LogP contribution in [0.3, 0.4) is 0 Å². The molecule has 1 saturated carbocycles. The molecule has 1 fully saturated rings. The number of ether oxygens (including phenoxy) is 2. The molecule has 2 aromatic heterocycles. The number of pyridine rings is 1. The summed E-state index contributed by atoms with van der Waals surface area (Å²) in [5.41, 5.74) is 12.3. The van der Waals surface area contributed by atoms with E-state index in [2.05, 4.69) is 170 Å². The molecule has 5 aromatic carbocycles. The Bertz CT molecular complexity index is 2740. The first-order chi connectivity index (χ1) is 28.7. The summed E-state index contributed by atoms with van der Waals surface area (Å²) in [4.78, 5) is 10.4. The molecular formula is C55H57N3O2Pt. The minimum atomic E-state index is -0.143. The van der Waals surface area contributed by atoms with Gasteiger partial charge in [-0.05, 0) is 107 Å². The van der Waals surface area contributed by atoms with Crippen LogP contribution in [-0.2, 0) is 36.6 Å². The predicted molar refractivity (Wildman–Crippen MR) is 247 cm³/mol. The van der Waals surface area contributed by atoms with Crippen molar-refractivity contribution < 1.29 is 30.5 Å². The van der Waals surface area contributed by atoms with Crippen LogP contribution in [0.5, 0.6) is 11.5 Å². The molecule has 2 atom stereocenters. The predicted octanol–water partition coefficient (Wildman–Crippen LogP) is 14.2. The van der Waals surface area contributed by atoms with Crippen molar-refractivity contribution in [1.82, 2.24) is 9.55 Å². The maximum atomic E-state index is 6.94. The van der Waals surface area contributed by atoms with E-state index in [-0.39, 0.29) is 44.0 Å². The summed E-state index contributed by atoms with van der Waals surface area (Å²) < 4.78 is 16.1. The molecule has 1 aliphatic heterocycles. The van der Waals surface area contributed by atoms with Crippen molar-refractivity contribution in [2.24, 2.45) is 10.9 Å². The summed E-state index contributed by atoms with van der Waals surface area (Å²) in [6.45, 7) is 20.0. The number of benzene rings is 5.